The van der Waals surface area contributed by atoms with Crippen molar-refractivity contribution in [1.29, 1.82) is 0 Å². The summed E-state index contributed by atoms with van der Waals surface area (Å²) in [4.78, 5) is 16.2. The monoisotopic (exact) mass is 248 g/mol. The summed E-state index contributed by atoms with van der Waals surface area (Å²) >= 11 is 0. The molecule has 1 aromatic carbocycles. The summed E-state index contributed by atoms with van der Waals surface area (Å²) in [5.74, 6) is 0.103. The van der Waals surface area contributed by atoms with E-state index < -0.39 is 0 Å². The summed E-state index contributed by atoms with van der Waals surface area (Å²) in [6.45, 7) is 4.69. The van der Waals surface area contributed by atoms with Gasteiger partial charge in [0.2, 0.25) is 0 Å². The van der Waals surface area contributed by atoms with Crippen molar-refractivity contribution >= 4 is 11.6 Å². The smallest absolute Gasteiger partial charge is 0.254 e. The third-order valence-corrected chi connectivity index (χ3v) is 3.22. The van der Waals surface area contributed by atoms with Crippen LogP contribution in [0.5, 0.6) is 0 Å². The van der Waals surface area contributed by atoms with Crippen LogP contribution in [0.25, 0.3) is 0 Å². The van der Waals surface area contributed by atoms with Gasteiger partial charge in [-0.25, -0.2) is 0 Å². The van der Waals surface area contributed by atoms with Crippen molar-refractivity contribution < 1.29 is 9.53 Å². The Balaban J connectivity index is 2.18. The van der Waals surface area contributed by atoms with Crippen LogP contribution in [0.15, 0.2) is 18.2 Å². The first-order valence-corrected chi connectivity index (χ1v) is 6.24. The van der Waals surface area contributed by atoms with Crippen LogP contribution in [0.4, 0.5) is 5.69 Å². The van der Waals surface area contributed by atoms with Crippen molar-refractivity contribution in [3.05, 3.63) is 29.3 Å². The molecule has 1 amide bonds. The fourth-order valence-corrected chi connectivity index (χ4v) is 2.24. The molecule has 0 spiro atoms. The molecule has 1 aliphatic rings. The number of anilines is 1. The number of ether oxygens (including phenoxy) is 1. The Morgan fingerprint density at radius 1 is 1.28 bits per heavy atom. The highest BCUT2D eigenvalue weighted by atomic mass is 16.5. The highest BCUT2D eigenvalue weighted by Crippen LogP contribution is 2.20. The Morgan fingerprint density at radius 3 is 2.50 bits per heavy atom. The van der Waals surface area contributed by atoms with Gasteiger partial charge in [0.05, 0.1) is 13.2 Å². The lowest BCUT2D eigenvalue weighted by Crippen LogP contribution is -2.40. The molecule has 0 atom stereocenters. The number of amides is 1. The molecule has 0 N–H and O–H groups in total. The lowest BCUT2D eigenvalue weighted by atomic mass is 10.1. The summed E-state index contributed by atoms with van der Waals surface area (Å²) in [7, 11) is 4.01. The Bertz CT molecular complexity index is 437. The van der Waals surface area contributed by atoms with Gasteiger partial charge in [0.25, 0.3) is 5.91 Å². The second kappa shape index (κ2) is 5.40. The third-order valence-electron chi connectivity index (χ3n) is 3.22. The second-order valence-electron chi connectivity index (χ2n) is 4.80. The van der Waals surface area contributed by atoms with E-state index >= 15 is 0 Å². The number of morpholine rings is 1. The molecule has 1 aromatic rings. The van der Waals surface area contributed by atoms with Gasteiger partial charge in [-0.1, -0.05) is 0 Å². The van der Waals surface area contributed by atoms with E-state index in [1.165, 1.54) is 0 Å². The molecule has 18 heavy (non-hydrogen) atoms. The van der Waals surface area contributed by atoms with Gasteiger partial charge in [0.1, 0.15) is 0 Å². The van der Waals surface area contributed by atoms with E-state index in [1.54, 1.807) is 0 Å². The summed E-state index contributed by atoms with van der Waals surface area (Å²) < 4.78 is 5.26. The molecule has 4 heteroatoms. The molecule has 1 fully saturated rings. The van der Waals surface area contributed by atoms with Crippen LogP contribution in [0, 0.1) is 6.92 Å². The second-order valence-corrected chi connectivity index (χ2v) is 4.80. The number of hydrogen-bond donors (Lipinski definition) is 0. The molecule has 0 aromatic heterocycles. The van der Waals surface area contributed by atoms with Gasteiger partial charge >= 0.3 is 0 Å². The minimum absolute atomic E-state index is 0.103. The highest BCUT2D eigenvalue weighted by Gasteiger charge is 2.18. The first-order valence-electron chi connectivity index (χ1n) is 6.24. The standard InChI is InChI=1S/C14H20N2O2/c1-11-10-12(4-5-13(11)15(2)3)14(17)16-6-8-18-9-7-16/h4-5,10H,6-9H2,1-3H3. The Labute approximate surface area is 108 Å². The number of nitrogens with zero attached hydrogens (tertiary/aromatic N) is 2. The van der Waals surface area contributed by atoms with Crippen LogP contribution in [-0.4, -0.2) is 51.2 Å². The molecule has 4 nitrogen and oxygen atoms in total. The van der Waals surface area contributed by atoms with Crippen LogP contribution < -0.4 is 4.90 Å². The molecule has 0 radical (unpaired) electrons. The van der Waals surface area contributed by atoms with Gasteiger partial charge in [-0.15, -0.1) is 0 Å². The summed E-state index contributed by atoms with van der Waals surface area (Å²) in [6.07, 6.45) is 0. The van der Waals surface area contributed by atoms with E-state index in [1.807, 2.05) is 44.1 Å². The van der Waals surface area contributed by atoms with E-state index in [0.717, 1.165) is 16.8 Å². The maximum Gasteiger partial charge on any atom is 0.254 e. The van der Waals surface area contributed by atoms with Gasteiger partial charge in [-0.3, -0.25) is 4.79 Å². The van der Waals surface area contributed by atoms with Gasteiger partial charge in [-0.05, 0) is 30.7 Å². The van der Waals surface area contributed by atoms with Crippen LogP contribution in [0.3, 0.4) is 0 Å². The Kier molecular flexibility index (Phi) is 3.87. The van der Waals surface area contributed by atoms with E-state index in [9.17, 15) is 4.79 Å². The molecule has 0 aliphatic carbocycles. The molecule has 0 unspecified atom stereocenters. The van der Waals surface area contributed by atoms with Crippen molar-refractivity contribution in [3.8, 4) is 0 Å². The molecular weight excluding hydrogens is 228 g/mol. The first-order chi connectivity index (χ1) is 8.59. The van der Waals surface area contributed by atoms with Crippen molar-refractivity contribution in [1.82, 2.24) is 4.90 Å². The van der Waals surface area contributed by atoms with Gasteiger partial charge in [0, 0.05) is 38.4 Å². The van der Waals surface area contributed by atoms with Crippen LogP contribution in [-0.2, 0) is 4.74 Å². The molecule has 2 rings (SSSR count). The number of benzene rings is 1. The van der Waals surface area contributed by atoms with Gasteiger partial charge < -0.3 is 14.5 Å². The molecule has 0 bridgehead atoms. The normalized spacial score (nSPS) is 15.6. The van der Waals surface area contributed by atoms with Gasteiger partial charge in [-0.2, -0.15) is 0 Å². The fourth-order valence-electron chi connectivity index (χ4n) is 2.24. The largest absolute Gasteiger partial charge is 0.378 e. The molecule has 1 saturated heterocycles. The predicted octanol–water partition coefficient (Wildman–Crippen LogP) is 1.53. The average molecular weight is 248 g/mol. The minimum Gasteiger partial charge on any atom is -0.378 e. The number of carbonyl (C=O) groups excluding carboxylic acids is 1. The zero-order valence-corrected chi connectivity index (χ0v) is 11.3. The number of rotatable bonds is 2. The lowest BCUT2D eigenvalue weighted by Gasteiger charge is -2.27. The van der Waals surface area contributed by atoms with Crippen molar-refractivity contribution in [2.24, 2.45) is 0 Å². The maximum atomic E-state index is 12.3. The fraction of sp³-hybridized carbons (Fsp3) is 0.500. The van der Waals surface area contributed by atoms with Crippen molar-refractivity contribution in [2.75, 3.05) is 45.3 Å². The SMILES string of the molecule is Cc1cc(C(=O)N2CCOCC2)ccc1N(C)C. The zero-order chi connectivity index (χ0) is 13.1. The highest BCUT2D eigenvalue weighted by molar-refractivity contribution is 5.95. The molecule has 98 valence electrons. The van der Waals surface area contributed by atoms with Crippen molar-refractivity contribution in [2.45, 2.75) is 6.92 Å². The number of carbonyl (C=O) groups is 1. The maximum absolute atomic E-state index is 12.3. The van der Waals surface area contributed by atoms with Crippen LogP contribution >= 0.6 is 0 Å². The number of hydrogen-bond acceptors (Lipinski definition) is 3. The quantitative estimate of drug-likeness (QED) is 0.796. The van der Waals surface area contributed by atoms with Crippen LogP contribution in [0.1, 0.15) is 15.9 Å². The molecule has 1 aliphatic heterocycles. The number of aryl methyl sites for hydroxylation is 1. The van der Waals surface area contributed by atoms with Crippen LogP contribution in [0.2, 0.25) is 0 Å². The Morgan fingerprint density at radius 2 is 1.94 bits per heavy atom. The summed E-state index contributed by atoms with van der Waals surface area (Å²) in [6, 6.07) is 5.87. The Hall–Kier alpha value is -1.55. The average Bonchev–Trinajstić information content (AvgIpc) is 2.38. The van der Waals surface area contributed by atoms with E-state index in [-0.39, 0.29) is 5.91 Å². The van der Waals surface area contributed by atoms with Crippen molar-refractivity contribution in [3.63, 3.8) is 0 Å². The zero-order valence-electron chi connectivity index (χ0n) is 11.3. The summed E-state index contributed by atoms with van der Waals surface area (Å²) in [5.41, 5.74) is 3.03. The molecular formula is C14H20N2O2. The first kappa shape index (κ1) is 12.9. The molecule has 0 saturated carbocycles. The predicted molar refractivity (Wildman–Crippen MR) is 72.2 cm³/mol. The van der Waals surface area contributed by atoms with Gasteiger partial charge in [0.15, 0.2) is 0 Å². The third kappa shape index (κ3) is 2.64. The topological polar surface area (TPSA) is 32.8 Å². The van der Waals surface area contributed by atoms with E-state index in [0.29, 0.717) is 26.3 Å². The molecule has 1 heterocycles. The lowest BCUT2D eigenvalue weighted by molar-refractivity contribution is 0.0303. The van der Waals surface area contributed by atoms with E-state index in [4.69, 9.17) is 4.74 Å². The summed E-state index contributed by atoms with van der Waals surface area (Å²) in [5, 5.41) is 0. The van der Waals surface area contributed by atoms with E-state index in [2.05, 4.69) is 4.90 Å². The minimum atomic E-state index is 0.103.